The molecule has 0 aliphatic carbocycles. The number of halogens is 13. The summed E-state index contributed by atoms with van der Waals surface area (Å²) in [6.45, 7) is -2.91. The van der Waals surface area contributed by atoms with Crippen LogP contribution in [0.25, 0.3) is 5.83 Å². The van der Waals surface area contributed by atoms with Crippen molar-refractivity contribution in [1.29, 1.82) is 0 Å². The predicted octanol–water partition coefficient (Wildman–Crippen LogP) is 7.92. The molecule has 1 unspecified atom stereocenters. The van der Waals surface area contributed by atoms with Crippen molar-refractivity contribution in [3.63, 3.8) is 0 Å². The van der Waals surface area contributed by atoms with Crippen molar-refractivity contribution in [2.75, 3.05) is 27.2 Å². The highest BCUT2D eigenvalue weighted by Gasteiger charge is 2.41. The summed E-state index contributed by atoms with van der Waals surface area (Å²) in [5.74, 6) is -7.39. The molecule has 0 heterocycles. The summed E-state index contributed by atoms with van der Waals surface area (Å²) < 4.78 is 135. The van der Waals surface area contributed by atoms with E-state index in [1.165, 1.54) is 5.32 Å². The lowest BCUT2D eigenvalue weighted by molar-refractivity contribution is -0.140. The smallest absolute Gasteiger partial charge is 0.345 e. The standard InChI is InChI=1S/C24H18Cl3F10N3O2/c1-39(2)40(9-19(41)38-10-22(29,30)31)21(42)13-4-3-11(5-15(13)24(35,36)37)18(28)8-14(23(32,33)34)12-6-16(25)20(27)17(26)7-12/h3-8,14H,9-10H2,1-2H3,(H,38,41)/b18-8-. The molecule has 5 nitrogen and oxygen atoms in total. The normalized spacial score (nSPS) is 13.8. The number of carbonyl (C=O) groups excluding carboxylic acids is 2. The van der Waals surface area contributed by atoms with Gasteiger partial charge in [-0.25, -0.2) is 9.40 Å². The molecule has 1 atom stereocenters. The Morgan fingerprint density at radius 3 is 1.93 bits per heavy atom. The van der Waals surface area contributed by atoms with Crippen LogP contribution in [0.5, 0.6) is 0 Å². The van der Waals surface area contributed by atoms with Crippen LogP contribution in [0.3, 0.4) is 0 Å². The van der Waals surface area contributed by atoms with Crippen LogP contribution in [0.1, 0.15) is 33.0 Å². The van der Waals surface area contributed by atoms with Gasteiger partial charge in [0.15, 0.2) is 0 Å². The summed E-state index contributed by atoms with van der Waals surface area (Å²) in [7, 11) is 2.21. The van der Waals surface area contributed by atoms with Gasteiger partial charge in [-0.3, -0.25) is 14.6 Å². The monoisotopic (exact) mass is 675 g/mol. The van der Waals surface area contributed by atoms with Crippen LogP contribution in [-0.2, 0) is 11.0 Å². The predicted molar refractivity (Wildman–Crippen MR) is 135 cm³/mol. The minimum atomic E-state index is -5.36. The maximum absolute atomic E-state index is 15.1. The Bertz CT molecular complexity index is 1340. The van der Waals surface area contributed by atoms with E-state index in [4.69, 9.17) is 34.8 Å². The van der Waals surface area contributed by atoms with Crippen molar-refractivity contribution in [1.82, 2.24) is 15.3 Å². The van der Waals surface area contributed by atoms with Gasteiger partial charge in [-0.05, 0) is 35.9 Å². The molecule has 42 heavy (non-hydrogen) atoms. The van der Waals surface area contributed by atoms with E-state index in [-0.39, 0.29) is 17.2 Å². The van der Waals surface area contributed by atoms with Crippen molar-refractivity contribution in [2.24, 2.45) is 0 Å². The van der Waals surface area contributed by atoms with Gasteiger partial charge in [-0.1, -0.05) is 40.9 Å². The molecule has 0 bridgehead atoms. The number of carbonyl (C=O) groups is 2. The third kappa shape index (κ3) is 9.38. The van der Waals surface area contributed by atoms with Gasteiger partial charge in [0.25, 0.3) is 5.91 Å². The van der Waals surface area contributed by atoms with Gasteiger partial charge >= 0.3 is 18.5 Å². The summed E-state index contributed by atoms with van der Waals surface area (Å²) in [4.78, 5) is 24.8. The molecule has 1 N–H and O–H groups in total. The summed E-state index contributed by atoms with van der Waals surface area (Å²) in [5, 5.41) is 1.56. The van der Waals surface area contributed by atoms with E-state index >= 15 is 4.39 Å². The molecule has 232 valence electrons. The van der Waals surface area contributed by atoms with Crippen LogP contribution in [0.4, 0.5) is 43.9 Å². The number of hydrogen-bond acceptors (Lipinski definition) is 3. The van der Waals surface area contributed by atoms with Gasteiger partial charge in [0, 0.05) is 19.7 Å². The molecule has 0 radical (unpaired) electrons. The highest BCUT2D eigenvalue weighted by atomic mass is 35.5. The van der Waals surface area contributed by atoms with Crippen LogP contribution < -0.4 is 5.32 Å². The number of nitrogens with zero attached hydrogens (tertiary/aromatic N) is 2. The van der Waals surface area contributed by atoms with Gasteiger partial charge in [0.1, 0.15) is 24.8 Å². The van der Waals surface area contributed by atoms with Crippen molar-refractivity contribution in [3.8, 4) is 0 Å². The first-order chi connectivity index (χ1) is 19.0. The first-order valence-corrected chi connectivity index (χ1v) is 12.3. The minimum Gasteiger partial charge on any atom is -0.345 e. The molecule has 0 aliphatic rings. The molecule has 18 heteroatoms. The Morgan fingerprint density at radius 1 is 0.929 bits per heavy atom. The Labute approximate surface area is 246 Å². The number of alkyl halides is 9. The van der Waals surface area contributed by atoms with Gasteiger partial charge in [-0.2, -0.15) is 39.5 Å². The largest absolute Gasteiger partial charge is 0.417 e. The average Bonchev–Trinajstić information content (AvgIpc) is 2.84. The number of amides is 2. The second kappa shape index (κ2) is 13.3. The summed E-state index contributed by atoms with van der Waals surface area (Å²) in [6.07, 6.45) is -15.4. The number of hydrogen-bond donors (Lipinski definition) is 1. The van der Waals surface area contributed by atoms with Crippen LogP contribution >= 0.6 is 34.8 Å². The number of benzene rings is 2. The number of allylic oxidation sites excluding steroid dienone is 1. The molecule has 2 rings (SSSR count). The quantitative estimate of drug-likeness (QED) is 0.176. The number of nitrogens with one attached hydrogen (secondary N) is 1. The fourth-order valence-corrected chi connectivity index (χ4v) is 4.03. The van der Waals surface area contributed by atoms with E-state index < -0.39 is 87.5 Å². The first kappa shape index (κ1) is 35.4. The molecular weight excluding hydrogens is 659 g/mol. The molecule has 0 saturated carbocycles. The highest BCUT2D eigenvalue weighted by Crippen LogP contribution is 2.43. The topological polar surface area (TPSA) is 52.6 Å². The van der Waals surface area contributed by atoms with Crippen LogP contribution in [-0.4, -0.2) is 61.4 Å². The van der Waals surface area contributed by atoms with Crippen LogP contribution in [0.2, 0.25) is 15.1 Å². The summed E-state index contributed by atoms with van der Waals surface area (Å²) in [5.41, 5.74) is -4.64. The van der Waals surface area contributed by atoms with Gasteiger partial charge in [0.05, 0.1) is 26.2 Å². The summed E-state index contributed by atoms with van der Waals surface area (Å²) in [6, 6.07) is 2.62. The zero-order valence-electron chi connectivity index (χ0n) is 21.1. The van der Waals surface area contributed by atoms with Gasteiger partial charge in [-0.15, -0.1) is 0 Å². The van der Waals surface area contributed by atoms with E-state index in [0.29, 0.717) is 17.1 Å². The van der Waals surface area contributed by atoms with E-state index in [2.05, 4.69) is 0 Å². The fourth-order valence-electron chi connectivity index (χ4n) is 3.42. The molecule has 0 fully saturated rings. The second-order valence-electron chi connectivity index (χ2n) is 8.69. The molecule has 0 saturated heterocycles. The lowest BCUT2D eigenvalue weighted by Gasteiger charge is -2.29. The zero-order chi connectivity index (χ0) is 32.4. The van der Waals surface area contributed by atoms with Crippen molar-refractivity contribution < 1.29 is 53.5 Å². The van der Waals surface area contributed by atoms with E-state index in [1.54, 1.807) is 0 Å². The van der Waals surface area contributed by atoms with Crippen molar-refractivity contribution in [2.45, 2.75) is 24.4 Å². The SMILES string of the molecule is CN(C)N(CC(=O)NCC(F)(F)F)C(=O)c1ccc(/C(F)=C/C(c2cc(Cl)c(Cl)c(Cl)c2)C(F)(F)F)cc1C(F)(F)F. The Kier molecular flexibility index (Phi) is 11.2. The molecule has 0 aliphatic heterocycles. The average molecular weight is 677 g/mol. The van der Waals surface area contributed by atoms with Crippen molar-refractivity contribution in [3.05, 3.63) is 73.7 Å². The minimum absolute atomic E-state index is 0.0238. The molecule has 2 amide bonds. The maximum Gasteiger partial charge on any atom is 0.417 e. The molecule has 0 spiro atoms. The lowest BCUT2D eigenvalue weighted by atomic mass is 9.95. The first-order valence-electron chi connectivity index (χ1n) is 11.2. The van der Waals surface area contributed by atoms with E-state index in [1.807, 2.05) is 0 Å². The maximum atomic E-state index is 15.1. The zero-order valence-corrected chi connectivity index (χ0v) is 23.3. The Balaban J connectivity index is 2.55. The number of hydrazine groups is 1. The molecule has 0 aromatic heterocycles. The molecule has 2 aromatic rings. The van der Waals surface area contributed by atoms with E-state index in [0.717, 1.165) is 31.2 Å². The fraction of sp³-hybridized carbons (Fsp3) is 0.333. The second-order valence-corrected chi connectivity index (χ2v) is 9.88. The Morgan fingerprint density at radius 2 is 1.48 bits per heavy atom. The highest BCUT2D eigenvalue weighted by molar-refractivity contribution is 6.48. The third-order valence-electron chi connectivity index (χ3n) is 5.36. The summed E-state index contributed by atoms with van der Waals surface area (Å²) >= 11 is 17.3. The Hall–Kier alpha value is -2.75. The molecule has 2 aromatic carbocycles. The van der Waals surface area contributed by atoms with Crippen LogP contribution in [0, 0.1) is 0 Å². The van der Waals surface area contributed by atoms with Crippen LogP contribution in [0.15, 0.2) is 36.4 Å². The number of rotatable bonds is 8. The van der Waals surface area contributed by atoms with Crippen molar-refractivity contribution >= 4 is 52.4 Å². The molecular formula is C24H18Cl3F10N3O2. The van der Waals surface area contributed by atoms with Gasteiger partial charge in [0.2, 0.25) is 5.91 Å². The van der Waals surface area contributed by atoms with E-state index in [9.17, 15) is 49.1 Å². The third-order valence-corrected chi connectivity index (χ3v) is 6.56. The lowest BCUT2D eigenvalue weighted by Crippen LogP contribution is -2.49. The van der Waals surface area contributed by atoms with Gasteiger partial charge < -0.3 is 5.32 Å².